The summed E-state index contributed by atoms with van der Waals surface area (Å²) in [6.07, 6.45) is 4.78. The van der Waals surface area contributed by atoms with Crippen LogP contribution in [0, 0.1) is 0 Å². The van der Waals surface area contributed by atoms with E-state index in [2.05, 4.69) is 22.1 Å². The number of hydrogen-bond donors (Lipinski definition) is 1. The highest BCUT2D eigenvalue weighted by Gasteiger charge is 2.36. The molecule has 1 aliphatic rings. The van der Waals surface area contributed by atoms with Crippen molar-refractivity contribution in [2.75, 3.05) is 6.54 Å². The molecule has 1 heterocycles. The number of halogens is 1. The molecule has 1 aromatic heterocycles. The fourth-order valence-corrected chi connectivity index (χ4v) is 4.14. The van der Waals surface area contributed by atoms with Crippen LogP contribution in [0.3, 0.4) is 0 Å². The second-order valence-corrected chi connectivity index (χ2v) is 6.91. The first-order valence-electron chi connectivity index (χ1n) is 7.26. The van der Waals surface area contributed by atoms with Crippen molar-refractivity contribution in [1.82, 2.24) is 5.32 Å². The smallest absolute Gasteiger partial charge is 0.251 e. The third kappa shape index (κ3) is 3.14. The van der Waals surface area contributed by atoms with E-state index in [1.807, 2.05) is 6.07 Å². The molecule has 0 atom stereocenters. The maximum absolute atomic E-state index is 12.3. The summed E-state index contributed by atoms with van der Waals surface area (Å²) in [7, 11) is 0. The average molecular weight is 320 g/mol. The topological polar surface area (TPSA) is 29.1 Å². The highest BCUT2D eigenvalue weighted by Crippen LogP contribution is 2.41. The van der Waals surface area contributed by atoms with E-state index in [1.54, 1.807) is 29.5 Å². The fourth-order valence-electron chi connectivity index (χ4n) is 3.17. The number of nitrogens with one attached hydrogen (secondary N) is 1. The third-order valence-corrected chi connectivity index (χ3v) is 5.29. The van der Waals surface area contributed by atoms with E-state index in [1.165, 1.54) is 18.4 Å². The van der Waals surface area contributed by atoms with Gasteiger partial charge < -0.3 is 5.32 Å². The number of thiophene rings is 1. The maximum Gasteiger partial charge on any atom is 0.251 e. The summed E-state index contributed by atoms with van der Waals surface area (Å²) < 4.78 is 0. The van der Waals surface area contributed by atoms with Gasteiger partial charge in [0.25, 0.3) is 5.91 Å². The normalized spacial score (nSPS) is 16.8. The minimum absolute atomic E-state index is 0.0426. The Morgan fingerprint density at radius 1 is 1.29 bits per heavy atom. The number of hydrogen-bond acceptors (Lipinski definition) is 2. The molecular weight excluding hydrogens is 302 g/mol. The van der Waals surface area contributed by atoms with Crippen molar-refractivity contribution in [2.24, 2.45) is 0 Å². The molecule has 21 heavy (non-hydrogen) atoms. The predicted molar refractivity (Wildman–Crippen MR) is 88.3 cm³/mol. The van der Waals surface area contributed by atoms with Gasteiger partial charge in [-0.1, -0.05) is 30.5 Å². The molecule has 1 fully saturated rings. The Balaban J connectivity index is 1.72. The quantitative estimate of drug-likeness (QED) is 0.873. The van der Waals surface area contributed by atoms with E-state index >= 15 is 0 Å². The van der Waals surface area contributed by atoms with Crippen molar-refractivity contribution >= 4 is 28.8 Å². The van der Waals surface area contributed by atoms with E-state index in [0.29, 0.717) is 17.1 Å². The second-order valence-electron chi connectivity index (χ2n) is 5.69. The predicted octanol–water partition coefficient (Wildman–Crippen LogP) is 4.64. The summed E-state index contributed by atoms with van der Waals surface area (Å²) in [4.78, 5) is 12.3. The number of rotatable bonds is 4. The van der Waals surface area contributed by atoms with Gasteiger partial charge in [-0.05, 0) is 53.4 Å². The van der Waals surface area contributed by atoms with E-state index < -0.39 is 0 Å². The largest absolute Gasteiger partial charge is 0.351 e. The maximum atomic E-state index is 12.3. The molecule has 3 rings (SSSR count). The molecule has 0 bridgehead atoms. The van der Waals surface area contributed by atoms with E-state index in [-0.39, 0.29) is 11.3 Å². The molecule has 110 valence electrons. The van der Waals surface area contributed by atoms with E-state index in [0.717, 1.165) is 12.8 Å². The van der Waals surface area contributed by atoms with Gasteiger partial charge in [0.15, 0.2) is 0 Å². The molecule has 0 unspecified atom stereocenters. The van der Waals surface area contributed by atoms with Crippen LogP contribution in [0.1, 0.15) is 41.6 Å². The fraction of sp³-hybridized carbons (Fsp3) is 0.353. The lowest BCUT2D eigenvalue weighted by atomic mass is 9.80. The average Bonchev–Trinajstić information content (AvgIpc) is 3.16. The van der Waals surface area contributed by atoms with Crippen LogP contribution in [-0.2, 0) is 5.41 Å². The molecule has 1 N–H and O–H groups in total. The molecule has 1 aromatic carbocycles. The van der Waals surface area contributed by atoms with Crippen LogP contribution in [0.4, 0.5) is 0 Å². The van der Waals surface area contributed by atoms with Crippen LogP contribution in [0.5, 0.6) is 0 Å². The Kier molecular flexibility index (Phi) is 4.32. The van der Waals surface area contributed by atoms with Gasteiger partial charge in [-0.15, -0.1) is 0 Å². The van der Waals surface area contributed by atoms with Gasteiger partial charge in [-0.25, -0.2) is 0 Å². The van der Waals surface area contributed by atoms with Crippen LogP contribution in [0.25, 0.3) is 0 Å². The second kappa shape index (κ2) is 6.20. The van der Waals surface area contributed by atoms with Crippen molar-refractivity contribution in [3.63, 3.8) is 0 Å². The van der Waals surface area contributed by atoms with Crippen molar-refractivity contribution in [3.05, 3.63) is 57.2 Å². The summed E-state index contributed by atoms with van der Waals surface area (Å²) in [5.41, 5.74) is 2.12. The Morgan fingerprint density at radius 2 is 2.10 bits per heavy atom. The van der Waals surface area contributed by atoms with Crippen molar-refractivity contribution < 1.29 is 4.79 Å². The van der Waals surface area contributed by atoms with Gasteiger partial charge in [0.05, 0.1) is 0 Å². The van der Waals surface area contributed by atoms with Gasteiger partial charge >= 0.3 is 0 Å². The molecule has 0 aliphatic heterocycles. The summed E-state index contributed by atoms with van der Waals surface area (Å²) in [5, 5.41) is 8.04. The first kappa shape index (κ1) is 14.6. The van der Waals surface area contributed by atoms with Crippen LogP contribution in [-0.4, -0.2) is 12.5 Å². The Morgan fingerprint density at radius 3 is 2.76 bits per heavy atom. The lowest BCUT2D eigenvalue weighted by Gasteiger charge is -2.28. The lowest BCUT2D eigenvalue weighted by Crippen LogP contribution is -2.38. The molecule has 2 nitrogen and oxygen atoms in total. The molecular formula is C17H18ClNOS. The minimum Gasteiger partial charge on any atom is -0.351 e. The standard InChI is InChI=1S/C17H18ClNOS/c18-15-5-3-4-13(10-15)16(20)19-12-17(7-1-2-8-17)14-6-9-21-11-14/h3-6,9-11H,1-2,7-8,12H2,(H,19,20). The molecule has 0 spiro atoms. The Labute approximate surface area is 134 Å². The number of carbonyl (C=O) groups excluding carboxylic acids is 1. The zero-order valence-corrected chi connectivity index (χ0v) is 13.3. The van der Waals surface area contributed by atoms with Crippen LogP contribution >= 0.6 is 22.9 Å². The van der Waals surface area contributed by atoms with Crippen LogP contribution in [0.2, 0.25) is 5.02 Å². The number of carbonyl (C=O) groups is 1. The van der Waals surface area contributed by atoms with Gasteiger partial charge in [-0.2, -0.15) is 11.3 Å². The molecule has 4 heteroatoms. The molecule has 1 amide bonds. The minimum atomic E-state index is -0.0426. The number of amides is 1. The lowest BCUT2D eigenvalue weighted by molar-refractivity contribution is 0.0943. The molecule has 0 radical (unpaired) electrons. The van der Waals surface area contributed by atoms with Gasteiger partial charge in [-0.3, -0.25) is 4.79 Å². The molecule has 0 saturated heterocycles. The van der Waals surface area contributed by atoms with Crippen LogP contribution < -0.4 is 5.32 Å². The molecule has 2 aromatic rings. The van der Waals surface area contributed by atoms with E-state index in [4.69, 9.17) is 11.6 Å². The summed E-state index contributed by atoms with van der Waals surface area (Å²) in [6.45, 7) is 0.703. The molecule has 1 saturated carbocycles. The van der Waals surface area contributed by atoms with Crippen molar-refractivity contribution in [3.8, 4) is 0 Å². The Hall–Kier alpha value is -1.32. The van der Waals surface area contributed by atoms with E-state index in [9.17, 15) is 4.79 Å². The first-order valence-corrected chi connectivity index (χ1v) is 8.58. The van der Waals surface area contributed by atoms with Crippen LogP contribution in [0.15, 0.2) is 41.1 Å². The summed E-state index contributed by atoms with van der Waals surface area (Å²) >= 11 is 7.67. The monoisotopic (exact) mass is 319 g/mol. The summed E-state index contributed by atoms with van der Waals surface area (Å²) in [6, 6.07) is 9.29. The highest BCUT2D eigenvalue weighted by molar-refractivity contribution is 7.08. The SMILES string of the molecule is O=C(NCC1(c2ccsc2)CCCC1)c1cccc(Cl)c1. The van der Waals surface area contributed by atoms with Gasteiger partial charge in [0.1, 0.15) is 0 Å². The van der Waals surface area contributed by atoms with Gasteiger partial charge in [0, 0.05) is 22.5 Å². The zero-order valence-electron chi connectivity index (χ0n) is 11.8. The van der Waals surface area contributed by atoms with Crippen molar-refractivity contribution in [1.29, 1.82) is 0 Å². The highest BCUT2D eigenvalue weighted by atomic mass is 35.5. The number of benzene rings is 1. The van der Waals surface area contributed by atoms with Crippen molar-refractivity contribution in [2.45, 2.75) is 31.1 Å². The third-order valence-electron chi connectivity index (χ3n) is 4.37. The Bertz CT molecular complexity index is 617. The first-order chi connectivity index (χ1) is 10.2. The summed E-state index contributed by atoms with van der Waals surface area (Å²) in [5.74, 6) is -0.0426. The molecule has 1 aliphatic carbocycles. The van der Waals surface area contributed by atoms with Gasteiger partial charge in [0.2, 0.25) is 0 Å². The zero-order chi connectivity index (χ0) is 14.7.